The molecule has 3 rings (SSSR count). The molecule has 0 unspecified atom stereocenters. The van der Waals surface area contributed by atoms with Crippen LogP contribution in [0.15, 0.2) is 23.0 Å². The predicted molar refractivity (Wildman–Crippen MR) is 82.8 cm³/mol. The molecule has 0 amide bonds. The highest BCUT2D eigenvalue weighted by Crippen LogP contribution is 2.34. The van der Waals surface area contributed by atoms with Gasteiger partial charge in [-0.25, -0.2) is 9.07 Å². The Morgan fingerprint density at radius 2 is 2.18 bits per heavy atom. The molecule has 0 saturated carbocycles. The molecule has 1 aromatic carbocycles. The number of aryl methyl sites for hydroxylation is 2. The van der Waals surface area contributed by atoms with Gasteiger partial charge in [-0.1, -0.05) is 17.7 Å². The number of aromatic hydroxyl groups is 1. The lowest BCUT2D eigenvalue weighted by atomic mass is 10.1. The van der Waals surface area contributed by atoms with Crippen molar-refractivity contribution in [1.29, 1.82) is 0 Å². The van der Waals surface area contributed by atoms with Gasteiger partial charge in [0, 0.05) is 6.54 Å². The zero-order valence-corrected chi connectivity index (χ0v) is 12.7. The van der Waals surface area contributed by atoms with Gasteiger partial charge >= 0.3 is 0 Å². The van der Waals surface area contributed by atoms with Crippen LogP contribution in [0.4, 0.5) is 4.39 Å². The van der Waals surface area contributed by atoms with Gasteiger partial charge in [-0.15, -0.1) is 0 Å². The summed E-state index contributed by atoms with van der Waals surface area (Å²) in [6.07, 6.45) is 0. The van der Waals surface area contributed by atoms with E-state index in [0.29, 0.717) is 17.9 Å². The van der Waals surface area contributed by atoms with Crippen molar-refractivity contribution in [2.45, 2.75) is 20.4 Å². The highest BCUT2D eigenvalue weighted by atomic mass is 35.5. The van der Waals surface area contributed by atoms with Crippen molar-refractivity contribution < 1.29 is 9.50 Å². The molecule has 2 heterocycles. The Labute approximate surface area is 130 Å². The number of H-pyrrole nitrogens is 1. The van der Waals surface area contributed by atoms with Crippen LogP contribution < -0.4 is 5.43 Å². The van der Waals surface area contributed by atoms with Crippen LogP contribution in [0, 0.1) is 12.7 Å². The van der Waals surface area contributed by atoms with Crippen molar-refractivity contribution in [3.05, 3.63) is 45.0 Å². The summed E-state index contributed by atoms with van der Waals surface area (Å²) in [6, 6.07) is 4.16. The molecule has 0 fully saturated rings. The van der Waals surface area contributed by atoms with Crippen LogP contribution in [0.1, 0.15) is 12.6 Å². The molecule has 2 aromatic heterocycles. The second-order valence-corrected chi connectivity index (χ2v) is 5.31. The summed E-state index contributed by atoms with van der Waals surface area (Å²) in [7, 11) is 0. The van der Waals surface area contributed by atoms with Crippen molar-refractivity contribution in [2.24, 2.45) is 0 Å². The first-order chi connectivity index (χ1) is 10.5. The lowest BCUT2D eigenvalue weighted by molar-refractivity contribution is 0.470. The molecule has 0 aliphatic rings. The van der Waals surface area contributed by atoms with Gasteiger partial charge in [-0.3, -0.25) is 4.79 Å². The normalized spacial score (nSPS) is 11.3. The van der Waals surface area contributed by atoms with Gasteiger partial charge in [0.1, 0.15) is 11.5 Å². The minimum atomic E-state index is -0.628. The van der Waals surface area contributed by atoms with Crippen molar-refractivity contribution in [1.82, 2.24) is 14.8 Å². The van der Waals surface area contributed by atoms with E-state index >= 15 is 0 Å². The third-order valence-electron chi connectivity index (χ3n) is 3.56. The number of pyridine rings is 1. The van der Waals surface area contributed by atoms with Crippen LogP contribution in [0.5, 0.6) is 5.75 Å². The van der Waals surface area contributed by atoms with Gasteiger partial charge < -0.3 is 10.1 Å². The molecule has 0 atom stereocenters. The number of halogens is 2. The van der Waals surface area contributed by atoms with E-state index in [0.717, 1.165) is 0 Å². The highest BCUT2D eigenvalue weighted by Gasteiger charge is 2.21. The van der Waals surface area contributed by atoms with E-state index in [1.54, 1.807) is 11.6 Å². The van der Waals surface area contributed by atoms with E-state index in [1.807, 2.05) is 6.92 Å². The lowest BCUT2D eigenvalue weighted by Gasteiger charge is -2.09. The molecule has 0 saturated heterocycles. The number of hydrogen-bond acceptors (Lipinski definition) is 3. The highest BCUT2D eigenvalue weighted by molar-refractivity contribution is 6.33. The standard InChI is InChI=1S/C15H13ClFN3O2/c1-3-20-15-10(7(2)19-20)13(21)14(22)12(18-15)11-8(16)5-4-6-9(11)17/h4-6,22H,3H2,1-2H3,(H,18,21). The van der Waals surface area contributed by atoms with E-state index in [1.165, 1.54) is 18.2 Å². The van der Waals surface area contributed by atoms with Gasteiger partial charge in [-0.05, 0) is 26.0 Å². The quantitative estimate of drug-likeness (QED) is 0.761. The second-order valence-electron chi connectivity index (χ2n) is 4.90. The van der Waals surface area contributed by atoms with E-state index < -0.39 is 17.0 Å². The summed E-state index contributed by atoms with van der Waals surface area (Å²) in [5, 5.41) is 14.8. The molecule has 0 aliphatic carbocycles. The molecule has 0 spiro atoms. The molecule has 0 radical (unpaired) electrons. The Kier molecular flexibility index (Phi) is 3.41. The third kappa shape index (κ3) is 1.99. The van der Waals surface area contributed by atoms with Crippen LogP contribution in [0.25, 0.3) is 22.3 Å². The Morgan fingerprint density at radius 3 is 2.82 bits per heavy atom. The van der Waals surface area contributed by atoms with E-state index in [2.05, 4.69) is 10.1 Å². The van der Waals surface area contributed by atoms with Gasteiger partial charge in [0.2, 0.25) is 5.43 Å². The van der Waals surface area contributed by atoms with Gasteiger partial charge in [0.05, 0.1) is 27.4 Å². The van der Waals surface area contributed by atoms with Crippen molar-refractivity contribution >= 4 is 22.6 Å². The van der Waals surface area contributed by atoms with Gasteiger partial charge in [-0.2, -0.15) is 5.10 Å². The van der Waals surface area contributed by atoms with Crippen LogP contribution in [0.2, 0.25) is 5.02 Å². The maximum absolute atomic E-state index is 14.1. The second kappa shape index (κ2) is 5.14. The van der Waals surface area contributed by atoms with Crippen molar-refractivity contribution in [3.63, 3.8) is 0 Å². The fraction of sp³-hybridized carbons (Fsp3) is 0.200. The predicted octanol–water partition coefficient (Wildman–Crippen LogP) is 3.22. The number of benzene rings is 1. The molecule has 2 N–H and O–H groups in total. The fourth-order valence-corrected chi connectivity index (χ4v) is 2.79. The van der Waals surface area contributed by atoms with Crippen LogP contribution >= 0.6 is 11.6 Å². The molecule has 0 aliphatic heterocycles. The first-order valence-electron chi connectivity index (χ1n) is 6.72. The smallest absolute Gasteiger partial charge is 0.235 e. The maximum Gasteiger partial charge on any atom is 0.235 e. The molecule has 7 heteroatoms. The number of aromatic nitrogens is 3. The third-order valence-corrected chi connectivity index (χ3v) is 3.88. The first-order valence-corrected chi connectivity index (χ1v) is 7.10. The van der Waals surface area contributed by atoms with Gasteiger partial charge in [0.15, 0.2) is 5.75 Å². The van der Waals surface area contributed by atoms with E-state index in [9.17, 15) is 14.3 Å². The van der Waals surface area contributed by atoms with Crippen LogP contribution in [-0.2, 0) is 6.54 Å². The lowest BCUT2D eigenvalue weighted by Crippen LogP contribution is -2.07. The molecular formula is C15H13ClFN3O2. The number of nitrogens with zero attached hydrogens (tertiary/aromatic N) is 2. The SMILES string of the molecule is CCn1nc(C)c2c(=O)c(O)c(-c3c(F)cccc3Cl)[nH]c21. The van der Waals surface area contributed by atoms with E-state index in [4.69, 9.17) is 11.6 Å². The summed E-state index contributed by atoms with van der Waals surface area (Å²) in [5.41, 5.74) is 0.245. The largest absolute Gasteiger partial charge is 0.503 e. The van der Waals surface area contributed by atoms with Gasteiger partial charge in [0.25, 0.3) is 0 Å². The summed E-state index contributed by atoms with van der Waals surface area (Å²) < 4.78 is 15.7. The van der Waals surface area contributed by atoms with Crippen LogP contribution in [0.3, 0.4) is 0 Å². The Hall–Kier alpha value is -2.34. The average Bonchev–Trinajstić information content (AvgIpc) is 2.80. The number of hydrogen-bond donors (Lipinski definition) is 2. The molecule has 5 nitrogen and oxygen atoms in total. The summed E-state index contributed by atoms with van der Waals surface area (Å²) in [5.74, 6) is -1.20. The maximum atomic E-state index is 14.1. The summed E-state index contributed by atoms with van der Waals surface area (Å²) in [6.45, 7) is 4.07. The fourth-order valence-electron chi connectivity index (χ4n) is 2.54. The monoisotopic (exact) mass is 321 g/mol. The topological polar surface area (TPSA) is 70.9 Å². The number of fused-ring (bicyclic) bond motifs is 1. The van der Waals surface area contributed by atoms with Crippen LogP contribution in [-0.4, -0.2) is 19.9 Å². The molecule has 22 heavy (non-hydrogen) atoms. The molecule has 3 aromatic rings. The average molecular weight is 322 g/mol. The summed E-state index contributed by atoms with van der Waals surface area (Å²) >= 11 is 6.02. The zero-order chi connectivity index (χ0) is 16.0. The number of rotatable bonds is 2. The Balaban J connectivity index is 2.46. The molecular weight excluding hydrogens is 309 g/mol. The zero-order valence-electron chi connectivity index (χ0n) is 11.9. The van der Waals surface area contributed by atoms with E-state index in [-0.39, 0.29) is 21.7 Å². The Bertz CT molecular complexity index is 926. The molecule has 0 bridgehead atoms. The number of nitrogens with one attached hydrogen (secondary N) is 1. The Morgan fingerprint density at radius 1 is 1.45 bits per heavy atom. The number of aromatic amines is 1. The minimum absolute atomic E-state index is 0.0397. The minimum Gasteiger partial charge on any atom is -0.503 e. The molecule has 114 valence electrons. The van der Waals surface area contributed by atoms with Crippen molar-refractivity contribution in [2.75, 3.05) is 0 Å². The first kappa shape index (κ1) is 14.6. The van der Waals surface area contributed by atoms with Crippen molar-refractivity contribution in [3.8, 4) is 17.0 Å². The summed E-state index contributed by atoms with van der Waals surface area (Å²) in [4.78, 5) is 15.3.